The van der Waals surface area contributed by atoms with E-state index < -0.39 is 27.0 Å². The lowest BCUT2D eigenvalue weighted by Gasteiger charge is -2.17. The molecule has 3 aromatic heterocycles. The van der Waals surface area contributed by atoms with Gasteiger partial charge in [0.25, 0.3) is 10.0 Å². The van der Waals surface area contributed by atoms with E-state index in [4.69, 9.17) is 0 Å². The molecule has 3 heterocycles. The van der Waals surface area contributed by atoms with Crippen LogP contribution in [-0.2, 0) is 10.0 Å². The van der Waals surface area contributed by atoms with Gasteiger partial charge in [-0.25, -0.2) is 4.98 Å². The molecular weight excluding hydrogens is 539 g/mol. The molecule has 4 rings (SSSR count). The highest BCUT2D eigenvalue weighted by Crippen LogP contribution is 2.33. The summed E-state index contributed by atoms with van der Waals surface area (Å²) in [5, 5.41) is 3.93. The van der Waals surface area contributed by atoms with E-state index in [0.717, 1.165) is 30.3 Å². The summed E-state index contributed by atoms with van der Waals surface area (Å²) in [6, 6.07) is 10.5. The Morgan fingerprint density at radius 2 is 1.94 bits per heavy atom. The fourth-order valence-corrected chi connectivity index (χ4v) is 4.43. The van der Waals surface area contributed by atoms with Crippen LogP contribution in [0.25, 0.3) is 16.8 Å². The molecule has 0 fully saturated rings. The molecule has 0 atom stereocenters. The van der Waals surface area contributed by atoms with Crippen molar-refractivity contribution in [2.75, 3.05) is 7.05 Å². The summed E-state index contributed by atoms with van der Waals surface area (Å²) in [5.41, 5.74) is 2.75. The molecule has 176 valence electrons. The molecule has 0 aliphatic rings. The van der Waals surface area contributed by atoms with Gasteiger partial charge in [0.2, 0.25) is 0 Å². The van der Waals surface area contributed by atoms with E-state index >= 15 is 0 Å². The quantitative estimate of drug-likeness (QED) is 0.255. The number of pyridine rings is 2. The van der Waals surface area contributed by atoms with Crippen molar-refractivity contribution < 1.29 is 26.3 Å². The number of imidazole rings is 1. The van der Waals surface area contributed by atoms with Gasteiger partial charge in [-0.05, 0) is 36.4 Å². The average Bonchev–Trinajstić information content (AvgIpc) is 3.19. The zero-order valence-electron chi connectivity index (χ0n) is 17.3. The molecule has 34 heavy (non-hydrogen) atoms. The molecule has 0 aliphatic heterocycles. The normalized spacial score (nSPS) is 12.4. The summed E-state index contributed by atoms with van der Waals surface area (Å²) in [5.74, 6) is -0.875. The van der Waals surface area contributed by atoms with E-state index in [1.807, 2.05) is 12.1 Å². The molecule has 0 saturated carbocycles. The Labute approximate surface area is 200 Å². The number of nitrogens with zero attached hydrogens (tertiary/aromatic N) is 5. The molecule has 0 amide bonds. The van der Waals surface area contributed by atoms with Crippen LogP contribution in [0.1, 0.15) is 5.69 Å². The summed E-state index contributed by atoms with van der Waals surface area (Å²) in [4.78, 5) is 7.66. The maximum absolute atomic E-state index is 12.9. The third-order valence-corrected chi connectivity index (χ3v) is 6.82. The molecule has 4 aromatic rings. The van der Waals surface area contributed by atoms with Gasteiger partial charge < -0.3 is 4.74 Å². The van der Waals surface area contributed by atoms with Crippen LogP contribution in [-0.4, -0.2) is 46.8 Å². The Hall–Kier alpha value is -3.45. The van der Waals surface area contributed by atoms with Crippen molar-refractivity contribution in [3.63, 3.8) is 0 Å². The number of hydrazone groups is 1. The zero-order chi connectivity index (χ0) is 24.5. The highest BCUT2D eigenvalue weighted by atomic mass is 79.9. The molecule has 8 nitrogen and oxygen atoms in total. The predicted octanol–water partition coefficient (Wildman–Crippen LogP) is 4.71. The third kappa shape index (κ3) is 5.04. The van der Waals surface area contributed by atoms with Gasteiger partial charge in [-0.2, -0.15) is 17.9 Å². The van der Waals surface area contributed by atoms with Crippen molar-refractivity contribution in [1.82, 2.24) is 18.8 Å². The average molecular weight is 554 g/mol. The first-order chi connectivity index (χ1) is 16.0. The van der Waals surface area contributed by atoms with Gasteiger partial charge in [0.1, 0.15) is 10.5 Å². The number of benzene rings is 1. The number of hydrogen-bond donors (Lipinski definition) is 0. The molecule has 0 bridgehead atoms. The maximum atomic E-state index is 12.9. The van der Waals surface area contributed by atoms with Crippen LogP contribution in [0.5, 0.6) is 5.75 Å². The fraction of sp³-hybridized carbons (Fsp3) is 0.0952. The summed E-state index contributed by atoms with van der Waals surface area (Å²) < 4.78 is 70.6. The Balaban J connectivity index is 1.66. The first kappa shape index (κ1) is 23.7. The zero-order valence-corrected chi connectivity index (χ0v) is 19.7. The van der Waals surface area contributed by atoms with E-state index in [1.54, 1.807) is 35.1 Å². The number of sulfonamides is 1. The SMILES string of the molecule is CN(N=Cc1cnc2ccc(-c3cccnc3)cn12)S(=O)(=O)c1ccc(Br)cc1OC(F)(F)F. The minimum absolute atomic E-state index is 0.215. The molecule has 13 heteroatoms. The fourth-order valence-electron chi connectivity index (χ4n) is 3.04. The second-order valence-corrected chi connectivity index (χ2v) is 9.73. The van der Waals surface area contributed by atoms with Crippen molar-refractivity contribution in [1.29, 1.82) is 0 Å². The van der Waals surface area contributed by atoms with Crippen LogP contribution in [0.3, 0.4) is 0 Å². The second kappa shape index (κ2) is 9.06. The molecule has 0 spiro atoms. The lowest BCUT2D eigenvalue weighted by atomic mass is 10.1. The van der Waals surface area contributed by atoms with Crippen molar-refractivity contribution in [2.24, 2.45) is 5.10 Å². The maximum Gasteiger partial charge on any atom is 0.573 e. The summed E-state index contributed by atoms with van der Waals surface area (Å²) >= 11 is 3.01. The number of hydrogen-bond acceptors (Lipinski definition) is 6. The molecule has 0 aliphatic carbocycles. The van der Waals surface area contributed by atoms with Gasteiger partial charge >= 0.3 is 6.36 Å². The summed E-state index contributed by atoms with van der Waals surface area (Å²) in [6.07, 6.45) is 2.81. The number of halogens is 4. The number of aromatic nitrogens is 3. The Bertz CT molecular complexity index is 1470. The van der Waals surface area contributed by atoms with Crippen LogP contribution < -0.4 is 4.74 Å². The van der Waals surface area contributed by atoms with Crippen molar-refractivity contribution in [3.05, 3.63) is 77.4 Å². The van der Waals surface area contributed by atoms with Gasteiger partial charge in [0.15, 0.2) is 5.75 Å². The van der Waals surface area contributed by atoms with Gasteiger partial charge in [-0.1, -0.05) is 22.0 Å². The second-order valence-electron chi connectivity index (χ2n) is 6.89. The van der Waals surface area contributed by atoms with Crippen molar-refractivity contribution in [3.8, 4) is 16.9 Å². The first-order valence-electron chi connectivity index (χ1n) is 9.50. The van der Waals surface area contributed by atoms with Crippen LogP contribution in [0.4, 0.5) is 13.2 Å². The minimum atomic E-state index is -5.07. The lowest BCUT2D eigenvalue weighted by molar-refractivity contribution is -0.275. The van der Waals surface area contributed by atoms with Gasteiger partial charge in [0.05, 0.1) is 18.1 Å². The smallest absolute Gasteiger partial charge is 0.404 e. The van der Waals surface area contributed by atoms with E-state index in [0.29, 0.717) is 15.8 Å². The topological polar surface area (TPSA) is 89.2 Å². The van der Waals surface area contributed by atoms with Crippen molar-refractivity contribution in [2.45, 2.75) is 11.3 Å². The molecule has 0 saturated heterocycles. The van der Waals surface area contributed by atoms with Crippen LogP contribution in [0.2, 0.25) is 0 Å². The number of ether oxygens (including phenoxy) is 1. The first-order valence-corrected chi connectivity index (χ1v) is 11.7. The molecular formula is C21H15BrF3N5O3S. The molecule has 0 unspecified atom stereocenters. The van der Waals surface area contributed by atoms with E-state index in [-0.39, 0.29) is 4.47 Å². The Kier molecular flexibility index (Phi) is 6.32. The predicted molar refractivity (Wildman–Crippen MR) is 122 cm³/mol. The summed E-state index contributed by atoms with van der Waals surface area (Å²) in [6.45, 7) is 0. The van der Waals surface area contributed by atoms with Crippen LogP contribution in [0.15, 0.2) is 81.7 Å². The Morgan fingerprint density at radius 3 is 2.65 bits per heavy atom. The van der Waals surface area contributed by atoms with E-state index in [1.165, 1.54) is 18.5 Å². The van der Waals surface area contributed by atoms with Gasteiger partial charge in [-0.3, -0.25) is 9.38 Å². The third-order valence-electron chi connectivity index (χ3n) is 4.64. The highest BCUT2D eigenvalue weighted by molar-refractivity contribution is 9.10. The van der Waals surface area contributed by atoms with E-state index in [9.17, 15) is 21.6 Å². The number of fused-ring (bicyclic) bond motifs is 1. The van der Waals surface area contributed by atoms with Gasteiger partial charge in [-0.15, -0.1) is 13.2 Å². The lowest BCUT2D eigenvalue weighted by Crippen LogP contribution is -2.25. The monoisotopic (exact) mass is 553 g/mol. The number of alkyl halides is 3. The highest BCUT2D eigenvalue weighted by Gasteiger charge is 2.35. The number of rotatable bonds is 6. The Morgan fingerprint density at radius 1 is 1.15 bits per heavy atom. The van der Waals surface area contributed by atoms with Crippen LogP contribution >= 0.6 is 15.9 Å². The largest absolute Gasteiger partial charge is 0.573 e. The van der Waals surface area contributed by atoms with Crippen molar-refractivity contribution >= 4 is 37.8 Å². The van der Waals surface area contributed by atoms with E-state index in [2.05, 4.69) is 35.7 Å². The summed E-state index contributed by atoms with van der Waals surface area (Å²) in [7, 11) is -3.36. The van der Waals surface area contributed by atoms with Crippen LogP contribution in [0, 0.1) is 0 Å². The molecule has 0 radical (unpaired) electrons. The molecule has 0 N–H and O–H groups in total. The van der Waals surface area contributed by atoms with Gasteiger partial charge in [0, 0.05) is 41.2 Å². The standard InChI is InChI=1S/C21H15BrF3N5O3S/c1-29(34(31,32)19-6-5-16(22)9-18(19)33-21(23,24)25)28-12-17-11-27-20-7-4-15(13-30(17)20)14-3-2-8-26-10-14/h2-13H,1H3. The molecule has 1 aromatic carbocycles. The minimum Gasteiger partial charge on any atom is -0.404 e.